The Hall–Kier alpha value is -0.610. The molecule has 0 saturated carbocycles. The van der Waals surface area contributed by atoms with E-state index in [0.717, 1.165) is 39.0 Å². The molecule has 18 heavy (non-hydrogen) atoms. The van der Waals surface area contributed by atoms with Crippen LogP contribution in [-0.4, -0.2) is 54.5 Å². The molecule has 4 heteroatoms. The molecule has 1 heterocycles. The molecule has 0 aromatic carbocycles. The van der Waals surface area contributed by atoms with E-state index in [-0.39, 0.29) is 5.91 Å². The van der Waals surface area contributed by atoms with Gasteiger partial charge >= 0.3 is 0 Å². The van der Waals surface area contributed by atoms with E-state index in [4.69, 9.17) is 5.73 Å². The van der Waals surface area contributed by atoms with Crippen LogP contribution in [0, 0.1) is 5.41 Å². The lowest BCUT2D eigenvalue weighted by Gasteiger charge is -2.40. The Morgan fingerprint density at radius 1 is 1.28 bits per heavy atom. The molecule has 1 amide bonds. The number of carbonyl (C=O) groups excluding carboxylic acids is 1. The van der Waals surface area contributed by atoms with Gasteiger partial charge in [-0.25, -0.2) is 0 Å². The summed E-state index contributed by atoms with van der Waals surface area (Å²) in [6.07, 6.45) is 2.18. The monoisotopic (exact) mass is 255 g/mol. The molecule has 0 spiro atoms. The number of hydrogen-bond acceptors (Lipinski definition) is 3. The van der Waals surface area contributed by atoms with Crippen LogP contribution in [0.2, 0.25) is 0 Å². The topological polar surface area (TPSA) is 49.6 Å². The van der Waals surface area contributed by atoms with Crippen LogP contribution in [0.15, 0.2) is 0 Å². The van der Waals surface area contributed by atoms with Gasteiger partial charge < -0.3 is 15.5 Å². The van der Waals surface area contributed by atoms with Gasteiger partial charge in [0.25, 0.3) is 0 Å². The van der Waals surface area contributed by atoms with Crippen molar-refractivity contribution in [1.29, 1.82) is 0 Å². The predicted octanol–water partition coefficient (Wildman–Crippen LogP) is 1.30. The van der Waals surface area contributed by atoms with E-state index >= 15 is 0 Å². The van der Waals surface area contributed by atoms with Crippen molar-refractivity contribution in [1.82, 2.24) is 9.80 Å². The van der Waals surface area contributed by atoms with Crippen LogP contribution in [0.4, 0.5) is 0 Å². The standard InChI is InChI=1S/C14H29N3O/c1-5-16(6-2)12-7-9-17(10-8-12)13(18)14(3,4)11-15/h12H,5-11,15H2,1-4H3. The third-order valence-corrected chi connectivity index (χ3v) is 4.17. The van der Waals surface area contributed by atoms with Gasteiger partial charge in [0.1, 0.15) is 0 Å². The fourth-order valence-electron chi connectivity index (χ4n) is 2.69. The fraction of sp³-hybridized carbons (Fsp3) is 0.929. The maximum atomic E-state index is 12.3. The van der Waals surface area contributed by atoms with E-state index in [9.17, 15) is 4.79 Å². The lowest BCUT2D eigenvalue weighted by Crippen LogP contribution is -2.51. The summed E-state index contributed by atoms with van der Waals surface area (Å²) in [6, 6.07) is 0.644. The number of rotatable bonds is 5. The summed E-state index contributed by atoms with van der Waals surface area (Å²) in [5.74, 6) is 0.211. The SMILES string of the molecule is CCN(CC)C1CCN(C(=O)C(C)(C)CN)CC1. The molecule has 0 unspecified atom stereocenters. The van der Waals surface area contributed by atoms with Crippen molar-refractivity contribution in [2.75, 3.05) is 32.7 Å². The number of nitrogens with two attached hydrogens (primary N) is 1. The first kappa shape index (κ1) is 15.4. The van der Waals surface area contributed by atoms with Gasteiger partial charge in [0.2, 0.25) is 5.91 Å². The summed E-state index contributed by atoms with van der Waals surface area (Å²) in [4.78, 5) is 16.8. The first-order valence-corrected chi connectivity index (χ1v) is 7.19. The molecule has 1 saturated heterocycles. The molecule has 4 nitrogen and oxygen atoms in total. The molecule has 0 bridgehead atoms. The van der Waals surface area contributed by atoms with E-state index in [0.29, 0.717) is 12.6 Å². The van der Waals surface area contributed by atoms with Crippen molar-refractivity contribution in [3.63, 3.8) is 0 Å². The van der Waals surface area contributed by atoms with Crippen molar-refractivity contribution >= 4 is 5.91 Å². The van der Waals surface area contributed by atoms with Gasteiger partial charge in [-0.2, -0.15) is 0 Å². The molecular formula is C14H29N3O. The largest absolute Gasteiger partial charge is 0.342 e. The fourth-order valence-corrected chi connectivity index (χ4v) is 2.69. The van der Waals surface area contributed by atoms with Crippen LogP contribution in [0.3, 0.4) is 0 Å². The van der Waals surface area contributed by atoms with Crippen LogP contribution in [0.5, 0.6) is 0 Å². The van der Waals surface area contributed by atoms with Gasteiger partial charge in [0.05, 0.1) is 5.41 Å². The number of likely N-dealkylation sites (tertiary alicyclic amines) is 1. The van der Waals surface area contributed by atoms with E-state index in [1.54, 1.807) is 0 Å². The summed E-state index contributed by atoms with van der Waals surface area (Å²) >= 11 is 0. The lowest BCUT2D eigenvalue weighted by molar-refractivity contribution is -0.141. The van der Waals surface area contributed by atoms with E-state index < -0.39 is 5.41 Å². The van der Waals surface area contributed by atoms with Gasteiger partial charge in [0.15, 0.2) is 0 Å². The molecule has 1 aliphatic heterocycles. The van der Waals surface area contributed by atoms with Crippen LogP contribution < -0.4 is 5.73 Å². The van der Waals surface area contributed by atoms with Crippen LogP contribution >= 0.6 is 0 Å². The average Bonchev–Trinajstić information content (AvgIpc) is 2.40. The van der Waals surface area contributed by atoms with Crippen LogP contribution in [0.25, 0.3) is 0 Å². The molecule has 0 atom stereocenters. The molecule has 0 aromatic rings. The second-order valence-corrected chi connectivity index (χ2v) is 5.83. The van der Waals surface area contributed by atoms with Crippen molar-refractivity contribution in [3.05, 3.63) is 0 Å². The smallest absolute Gasteiger partial charge is 0.229 e. The van der Waals surface area contributed by atoms with Gasteiger partial charge in [-0.05, 0) is 39.8 Å². The minimum atomic E-state index is -0.415. The highest BCUT2D eigenvalue weighted by Crippen LogP contribution is 2.22. The number of carbonyl (C=O) groups is 1. The predicted molar refractivity (Wildman–Crippen MR) is 75.4 cm³/mol. The first-order valence-electron chi connectivity index (χ1n) is 7.19. The maximum Gasteiger partial charge on any atom is 0.229 e. The van der Waals surface area contributed by atoms with Gasteiger partial charge in [-0.3, -0.25) is 4.79 Å². The Bertz CT molecular complexity index is 266. The third-order valence-electron chi connectivity index (χ3n) is 4.17. The highest BCUT2D eigenvalue weighted by molar-refractivity contribution is 5.82. The Morgan fingerprint density at radius 2 is 1.78 bits per heavy atom. The van der Waals surface area contributed by atoms with Crippen LogP contribution in [-0.2, 0) is 4.79 Å². The van der Waals surface area contributed by atoms with Crippen molar-refractivity contribution in [3.8, 4) is 0 Å². The highest BCUT2D eigenvalue weighted by Gasteiger charge is 2.33. The Balaban J connectivity index is 2.51. The van der Waals surface area contributed by atoms with Crippen molar-refractivity contribution in [2.45, 2.75) is 46.6 Å². The number of piperidine rings is 1. The summed E-state index contributed by atoms with van der Waals surface area (Å²) < 4.78 is 0. The van der Waals surface area contributed by atoms with Gasteiger partial charge in [-0.1, -0.05) is 13.8 Å². The number of amides is 1. The maximum absolute atomic E-state index is 12.3. The molecule has 0 aliphatic carbocycles. The minimum absolute atomic E-state index is 0.211. The summed E-state index contributed by atoms with van der Waals surface area (Å²) in [5, 5.41) is 0. The molecule has 1 aliphatic rings. The first-order chi connectivity index (χ1) is 8.46. The Kier molecular flexibility index (Phi) is 5.60. The second-order valence-electron chi connectivity index (χ2n) is 5.83. The van der Waals surface area contributed by atoms with E-state index in [2.05, 4.69) is 18.7 Å². The summed E-state index contributed by atoms with van der Waals surface area (Å²) in [7, 11) is 0. The average molecular weight is 255 g/mol. The lowest BCUT2D eigenvalue weighted by atomic mass is 9.90. The van der Waals surface area contributed by atoms with Crippen molar-refractivity contribution < 1.29 is 4.79 Å². The zero-order valence-corrected chi connectivity index (χ0v) is 12.4. The summed E-state index contributed by atoms with van der Waals surface area (Å²) in [6.45, 7) is 12.7. The van der Waals surface area contributed by atoms with E-state index in [1.165, 1.54) is 0 Å². The molecule has 1 fully saturated rings. The zero-order chi connectivity index (χ0) is 13.8. The molecular weight excluding hydrogens is 226 g/mol. The normalized spacial score (nSPS) is 18.4. The molecule has 0 radical (unpaired) electrons. The second kappa shape index (κ2) is 6.53. The Morgan fingerprint density at radius 3 is 2.17 bits per heavy atom. The highest BCUT2D eigenvalue weighted by atomic mass is 16.2. The Labute approximate surface area is 111 Å². The van der Waals surface area contributed by atoms with Gasteiger partial charge in [-0.15, -0.1) is 0 Å². The molecule has 1 rings (SSSR count). The molecule has 0 aromatic heterocycles. The number of hydrogen-bond donors (Lipinski definition) is 1. The zero-order valence-electron chi connectivity index (χ0n) is 12.4. The quantitative estimate of drug-likeness (QED) is 0.805. The molecule has 2 N–H and O–H groups in total. The van der Waals surface area contributed by atoms with E-state index in [1.807, 2.05) is 18.7 Å². The summed E-state index contributed by atoms with van der Waals surface area (Å²) in [5.41, 5.74) is 5.26. The van der Waals surface area contributed by atoms with Gasteiger partial charge in [0, 0.05) is 25.7 Å². The molecule has 106 valence electrons. The third kappa shape index (κ3) is 3.45. The number of nitrogens with zero attached hydrogens (tertiary/aromatic N) is 2. The van der Waals surface area contributed by atoms with Crippen molar-refractivity contribution in [2.24, 2.45) is 11.1 Å². The minimum Gasteiger partial charge on any atom is -0.342 e. The van der Waals surface area contributed by atoms with Crippen LogP contribution in [0.1, 0.15) is 40.5 Å².